The molecule has 1 saturated heterocycles. The van der Waals surface area contributed by atoms with Crippen molar-refractivity contribution in [2.75, 3.05) is 43.0 Å². The van der Waals surface area contributed by atoms with Crippen LogP contribution in [0.5, 0.6) is 0 Å². The van der Waals surface area contributed by atoms with Crippen LogP contribution in [-0.4, -0.2) is 49.8 Å². The maximum absolute atomic E-state index is 13.6. The Morgan fingerprint density at radius 1 is 0.795 bits per heavy atom. The summed E-state index contributed by atoms with van der Waals surface area (Å²) < 4.78 is 39.2. The molecule has 4 aromatic carbocycles. The summed E-state index contributed by atoms with van der Waals surface area (Å²) in [5, 5.41) is 0. The number of rotatable bonds is 9. The molecule has 44 heavy (non-hydrogen) atoms. The van der Waals surface area contributed by atoms with Crippen LogP contribution in [0.25, 0.3) is 11.1 Å². The molecule has 1 aliphatic heterocycles. The minimum atomic E-state index is -4.42. The highest BCUT2D eigenvalue weighted by atomic mass is 19.4. The van der Waals surface area contributed by atoms with Crippen molar-refractivity contribution in [2.24, 2.45) is 0 Å². The first-order chi connectivity index (χ1) is 21.2. The average molecular weight is 600 g/mol. The van der Waals surface area contributed by atoms with Gasteiger partial charge in [-0.15, -0.1) is 0 Å². The molecule has 0 radical (unpaired) electrons. The van der Waals surface area contributed by atoms with Gasteiger partial charge in [0.05, 0.1) is 11.6 Å². The summed E-state index contributed by atoms with van der Waals surface area (Å²) in [6.07, 6.45) is -3.04. The van der Waals surface area contributed by atoms with E-state index in [-0.39, 0.29) is 17.7 Å². The molecule has 4 aromatic rings. The van der Waals surface area contributed by atoms with Crippen molar-refractivity contribution in [3.8, 4) is 11.1 Å². The predicted molar refractivity (Wildman–Crippen MR) is 169 cm³/mol. The summed E-state index contributed by atoms with van der Waals surface area (Å²) in [5.74, 6) is -0.00494. The fourth-order valence-electron chi connectivity index (χ4n) is 5.80. The van der Waals surface area contributed by atoms with E-state index in [0.717, 1.165) is 56.0 Å². The number of hydrogen-bond acceptors (Lipinski definition) is 4. The molecular formula is C36H36F3N3O2. The normalized spacial score (nSPS) is 14.7. The van der Waals surface area contributed by atoms with Gasteiger partial charge in [0.2, 0.25) is 0 Å². The van der Waals surface area contributed by atoms with Crippen molar-refractivity contribution in [3.63, 3.8) is 0 Å². The summed E-state index contributed by atoms with van der Waals surface area (Å²) >= 11 is 0. The Morgan fingerprint density at radius 3 is 2.02 bits per heavy atom. The summed E-state index contributed by atoms with van der Waals surface area (Å²) in [6, 6.07) is 29.3. The second-order valence-corrected chi connectivity index (χ2v) is 11.1. The van der Waals surface area contributed by atoms with Crippen molar-refractivity contribution in [1.82, 2.24) is 4.90 Å². The predicted octanol–water partition coefficient (Wildman–Crippen LogP) is 7.88. The van der Waals surface area contributed by atoms with Crippen LogP contribution in [0.4, 0.5) is 24.5 Å². The number of alkyl halides is 3. The van der Waals surface area contributed by atoms with Gasteiger partial charge < -0.3 is 9.80 Å². The van der Waals surface area contributed by atoms with Crippen molar-refractivity contribution in [3.05, 3.63) is 120 Å². The monoisotopic (exact) mass is 599 g/mol. The van der Waals surface area contributed by atoms with E-state index < -0.39 is 11.7 Å². The first-order valence-electron chi connectivity index (χ1n) is 14.9. The van der Waals surface area contributed by atoms with Crippen LogP contribution in [0.3, 0.4) is 0 Å². The van der Waals surface area contributed by atoms with Crippen molar-refractivity contribution in [1.29, 1.82) is 0 Å². The molecule has 5 rings (SSSR count). The van der Waals surface area contributed by atoms with E-state index in [1.54, 1.807) is 36.2 Å². The van der Waals surface area contributed by atoms with Crippen molar-refractivity contribution in [2.45, 2.75) is 32.0 Å². The third-order valence-corrected chi connectivity index (χ3v) is 8.18. The Morgan fingerprint density at radius 2 is 1.41 bits per heavy atom. The molecule has 0 bridgehead atoms. The minimum Gasteiger partial charge on any atom is -0.369 e. The molecular weight excluding hydrogens is 563 g/mol. The molecule has 228 valence electrons. The van der Waals surface area contributed by atoms with E-state index in [2.05, 4.69) is 9.80 Å². The third kappa shape index (κ3) is 6.86. The van der Waals surface area contributed by atoms with E-state index >= 15 is 0 Å². The molecule has 0 aliphatic carbocycles. The number of amides is 1. The number of Topliss-reactive ketones (excluding diaryl/α,β-unsaturated/α-hetero) is 1. The lowest BCUT2D eigenvalue weighted by atomic mass is 9.97. The van der Waals surface area contributed by atoms with Crippen molar-refractivity contribution < 1.29 is 22.8 Å². The Labute approximate surface area is 256 Å². The van der Waals surface area contributed by atoms with Gasteiger partial charge in [0, 0.05) is 56.6 Å². The van der Waals surface area contributed by atoms with Crippen LogP contribution in [0, 0.1) is 0 Å². The fraction of sp³-hybridized carbons (Fsp3) is 0.278. The Kier molecular flexibility index (Phi) is 9.49. The molecule has 0 N–H and O–H groups in total. The molecule has 1 heterocycles. The third-order valence-electron chi connectivity index (χ3n) is 8.18. The van der Waals surface area contributed by atoms with Gasteiger partial charge in [-0.05, 0) is 65.6 Å². The number of benzene rings is 4. The zero-order valence-corrected chi connectivity index (χ0v) is 24.9. The van der Waals surface area contributed by atoms with E-state index in [9.17, 15) is 22.8 Å². The molecule has 0 aromatic heterocycles. The number of hydrogen-bond donors (Lipinski definition) is 0. The van der Waals surface area contributed by atoms with Gasteiger partial charge in [-0.25, -0.2) is 0 Å². The summed E-state index contributed by atoms with van der Waals surface area (Å²) in [6.45, 7) is 5.10. The second kappa shape index (κ2) is 13.5. The van der Waals surface area contributed by atoms with Gasteiger partial charge in [0.1, 0.15) is 0 Å². The van der Waals surface area contributed by atoms with Crippen LogP contribution in [0.1, 0.15) is 47.3 Å². The molecule has 0 saturated carbocycles. The van der Waals surface area contributed by atoms with Crippen LogP contribution in [0.2, 0.25) is 0 Å². The summed E-state index contributed by atoms with van der Waals surface area (Å²) in [5.41, 5.74) is 3.56. The lowest BCUT2D eigenvalue weighted by molar-refractivity contribution is -0.137. The molecule has 0 spiro atoms. The first-order valence-corrected chi connectivity index (χ1v) is 14.9. The molecule has 5 nitrogen and oxygen atoms in total. The lowest BCUT2D eigenvalue weighted by Crippen LogP contribution is -2.49. The SMILES string of the molecule is CCCC(=O)C(c1ccccc1)N1CCN(c2ccc(N(C)C(=O)c3ccccc3-c3ccc(C(F)(F)F)cc3)cc2)CC1. The number of nitrogens with zero attached hydrogens (tertiary/aromatic N) is 3. The summed E-state index contributed by atoms with van der Waals surface area (Å²) in [4.78, 5) is 32.8. The van der Waals surface area contributed by atoms with E-state index in [1.165, 1.54) is 12.1 Å². The maximum atomic E-state index is 13.6. The van der Waals surface area contributed by atoms with Crippen LogP contribution < -0.4 is 9.80 Å². The van der Waals surface area contributed by atoms with Crippen LogP contribution in [-0.2, 0) is 11.0 Å². The van der Waals surface area contributed by atoms with Gasteiger partial charge >= 0.3 is 6.18 Å². The quantitative estimate of drug-likeness (QED) is 0.196. The highest BCUT2D eigenvalue weighted by Gasteiger charge is 2.31. The molecule has 1 aliphatic rings. The van der Waals surface area contributed by atoms with Gasteiger partial charge in [0.25, 0.3) is 5.91 Å². The summed E-state index contributed by atoms with van der Waals surface area (Å²) in [7, 11) is 1.69. The van der Waals surface area contributed by atoms with Gasteiger partial charge in [-0.2, -0.15) is 13.2 Å². The first kappa shape index (κ1) is 31.0. The highest BCUT2D eigenvalue weighted by Crippen LogP contribution is 2.33. The van der Waals surface area contributed by atoms with Gasteiger partial charge in [-0.1, -0.05) is 67.6 Å². The number of ketones is 1. The fourth-order valence-corrected chi connectivity index (χ4v) is 5.80. The van der Waals surface area contributed by atoms with Gasteiger partial charge in [0.15, 0.2) is 5.78 Å². The standard InChI is InChI=1S/C36H36F3N3O2/c1-3-9-33(43)34(27-10-5-4-6-11-27)42-24-22-41(23-25-42)30-20-18-29(19-21-30)40(2)35(44)32-13-8-7-12-31(32)26-14-16-28(17-15-26)36(37,38)39/h4-8,10-21,34H,3,9,22-25H2,1-2H3. The molecule has 1 unspecified atom stereocenters. The van der Waals surface area contributed by atoms with Crippen LogP contribution in [0.15, 0.2) is 103 Å². The molecule has 1 atom stereocenters. The molecule has 1 fully saturated rings. The number of piperazine rings is 1. The zero-order chi connectivity index (χ0) is 31.3. The van der Waals surface area contributed by atoms with E-state index in [0.29, 0.717) is 28.8 Å². The van der Waals surface area contributed by atoms with E-state index in [1.807, 2.05) is 61.5 Å². The van der Waals surface area contributed by atoms with Crippen molar-refractivity contribution >= 4 is 23.1 Å². The van der Waals surface area contributed by atoms with Gasteiger partial charge in [-0.3, -0.25) is 14.5 Å². The maximum Gasteiger partial charge on any atom is 0.416 e. The molecule has 1 amide bonds. The lowest BCUT2D eigenvalue weighted by Gasteiger charge is -2.40. The topological polar surface area (TPSA) is 43.9 Å². The minimum absolute atomic E-state index is 0.231. The second-order valence-electron chi connectivity index (χ2n) is 11.1. The Bertz CT molecular complexity index is 1560. The van der Waals surface area contributed by atoms with Crippen LogP contribution >= 0.6 is 0 Å². The highest BCUT2D eigenvalue weighted by molar-refractivity contribution is 6.10. The largest absolute Gasteiger partial charge is 0.416 e. The Balaban J connectivity index is 1.26. The van der Waals surface area contributed by atoms with E-state index in [4.69, 9.17) is 0 Å². The molecule has 8 heteroatoms. The number of anilines is 2. The zero-order valence-electron chi connectivity index (χ0n) is 24.9. The smallest absolute Gasteiger partial charge is 0.369 e. The average Bonchev–Trinajstić information content (AvgIpc) is 3.05. The number of carbonyl (C=O) groups is 2. The number of halogens is 3. The Hall–Kier alpha value is -4.43. The number of carbonyl (C=O) groups excluding carboxylic acids is 2.